The largest absolute Gasteiger partial charge is 0.394 e. The van der Waals surface area contributed by atoms with Crippen LogP contribution in [0.15, 0.2) is 54.7 Å². The lowest BCUT2D eigenvalue weighted by molar-refractivity contribution is -0.250. The highest BCUT2D eigenvalue weighted by Gasteiger charge is 2.44. The molecule has 0 radical (unpaired) electrons. The number of rotatable bonds is 5. The average Bonchev–Trinajstić information content (AvgIpc) is 3.11. The Kier molecular flexibility index (Phi) is 5.72. The summed E-state index contributed by atoms with van der Waals surface area (Å²) in [6, 6.07) is 16.3. The minimum Gasteiger partial charge on any atom is -0.394 e. The van der Waals surface area contributed by atoms with E-state index in [2.05, 4.69) is 31.2 Å². The molecule has 1 aromatic heterocycles. The first kappa shape index (κ1) is 20.1. The summed E-state index contributed by atoms with van der Waals surface area (Å²) in [5, 5.41) is 41.3. The Morgan fingerprint density at radius 1 is 0.897 bits per heavy atom. The van der Waals surface area contributed by atoms with Crippen LogP contribution >= 0.6 is 0 Å². The van der Waals surface area contributed by atoms with Crippen LogP contribution in [0.2, 0.25) is 0 Å². The summed E-state index contributed by atoms with van der Waals surface area (Å²) in [6.45, 7) is 1.68. The first-order valence-electron chi connectivity index (χ1n) is 10.00. The molecule has 2 aromatic carbocycles. The zero-order valence-electron chi connectivity index (χ0n) is 16.3. The standard InChI is InChI=1S/C23H27NO5/c1-2-14-7-9-15(10-8-14)11-16-12-24(18-6-4-3-5-17(16)18)23-22(28)21(27)20(26)19(13-25)29-23/h3-10,12,19-23,25-28H,2,11,13H2,1H3/t19?,20-,21?,22-,23?/m1/s1. The van der Waals surface area contributed by atoms with E-state index in [0.29, 0.717) is 0 Å². The van der Waals surface area contributed by atoms with Gasteiger partial charge in [-0.05, 0) is 35.6 Å². The van der Waals surface area contributed by atoms with E-state index >= 15 is 0 Å². The van der Waals surface area contributed by atoms with E-state index in [-0.39, 0.29) is 0 Å². The van der Waals surface area contributed by atoms with E-state index in [4.69, 9.17) is 4.74 Å². The fraction of sp³-hybridized carbons (Fsp3) is 0.391. The maximum absolute atomic E-state index is 10.6. The zero-order chi connectivity index (χ0) is 20.5. The van der Waals surface area contributed by atoms with E-state index in [1.807, 2.05) is 30.5 Å². The molecule has 0 spiro atoms. The van der Waals surface area contributed by atoms with Crippen molar-refractivity contribution in [1.29, 1.82) is 0 Å². The molecule has 0 amide bonds. The van der Waals surface area contributed by atoms with Gasteiger partial charge in [-0.2, -0.15) is 0 Å². The lowest BCUT2D eigenvalue weighted by Gasteiger charge is -2.40. The van der Waals surface area contributed by atoms with Gasteiger partial charge in [0.1, 0.15) is 24.4 Å². The monoisotopic (exact) mass is 397 g/mol. The third-order valence-corrected chi connectivity index (χ3v) is 5.79. The average molecular weight is 397 g/mol. The normalized spacial score (nSPS) is 27.4. The molecular weight excluding hydrogens is 370 g/mol. The molecule has 1 aliphatic rings. The Hall–Kier alpha value is -2.22. The van der Waals surface area contributed by atoms with Crippen molar-refractivity contribution in [1.82, 2.24) is 4.57 Å². The summed E-state index contributed by atoms with van der Waals surface area (Å²) in [6.07, 6.45) is -2.31. The van der Waals surface area contributed by atoms with Gasteiger partial charge in [-0.25, -0.2) is 0 Å². The van der Waals surface area contributed by atoms with E-state index in [0.717, 1.165) is 29.3 Å². The van der Waals surface area contributed by atoms with Gasteiger partial charge in [0, 0.05) is 11.6 Å². The molecule has 154 valence electrons. The molecule has 3 aromatic rings. The number of nitrogens with zero attached hydrogens (tertiary/aromatic N) is 1. The van der Waals surface area contributed by atoms with Crippen LogP contribution < -0.4 is 0 Å². The highest BCUT2D eigenvalue weighted by atomic mass is 16.6. The molecule has 0 saturated carbocycles. The molecule has 4 N–H and O–H groups in total. The molecule has 3 unspecified atom stereocenters. The van der Waals surface area contributed by atoms with Crippen LogP contribution in [0, 0.1) is 0 Å². The number of ether oxygens (including phenoxy) is 1. The fourth-order valence-electron chi connectivity index (χ4n) is 4.05. The van der Waals surface area contributed by atoms with Crippen molar-refractivity contribution < 1.29 is 25.2 Å². The van der Waals surface area contributed by atoms with E-state index in [9.17, 15) is 20.4 Å². The van der Waals surface area contributed by atoms with Gasteiger partial charge in [-0.15, -0.1) is 0 Å². The van der Waals surface area contributed by atoms with Gasteiger partial charge in [-0.3, -0.25) is 0 Å². The minimum absolute atomic E-state index is 0.447. The second-order valence-electron chi connectivity index (χ2n) is 7.65. The Morgan fingerprint density at radius 2 is 1.59 bits per heavy atom. The minimum atomic E-state index is -1.41. The van der Waals surface area contributed by atoms with Crippen LogP contribution in [0.5, 0.6) is 0 Å². The maximum Gasteiger partial charge on any atom is 0.163 e. The first-order chi connectivity index (χ1) is 14.0. The quantitative estimate of drug-likeness (QED) is 0.526. The number of aromatic nitrogens is 1. The Morgan fingerprint density at radius 3 is 2.28 bits per heavy atom. The van der Waals surface area contributed by atoms with Crippen LogP contribution in [0.4, 0.5) is 0 Å². The van der Waals surface area contributed by atoms with Gasteiger partial charge in [0.05, 0.1) is 12.1 Å². The summed E-state index contributed by atoms with van der Waals surface area (Å²) in [5.74, 6) is 0. The van der Waals surface area contributed by atoms with Crippen LogP contribution in [0.3, 0.4) is 0 Å². The number of aryl methyl sites for hydroxylation is 1. The van der Waals surface area contributed by atoms with Crippen LogP contribution in [0.25, 0.3) is 10.9 Å². The van der Waals surface area contributed by atoms with Crippen molar-refractivity contribution in [2.24, 2.45) is 0 Å². The molecule has 0 bridgehead atoms. The predicted molar refractivity (Wildman–Crippen MR) is 110 cm³/mol. The van der Waals surface area contributed by atoms with Crippen molar-refractivity contribution in [2.75, 3.05) is 6.61 Å². The van der Waals surface area contributed by atoms with Gasteiger partial charge in [0.2, 0.25) is 0 Å². The number of aliphatic hydroxyl groups excluding tert-OH is 4. The number of fused-ring (bicyclic) bond motifs is 1. The Balaban J connectivity index is 1.72. The topological polar surface area (TPSA) is 95.1 Å². The van der Waals surface area contributed by atoms with Crippen LogP contribution in [-0.4, -0.2) is 56.0 Å². The van der Waals surface area contributed by atoms with Crippen molar-refractivity contribution in [2.45, 2.75) is 50.4 Å². The van der Waals surface area contributed by atoms with E-state index in [1.54, 1.807) is 4.57 Å². The SMILES string of the molecule is CCc1ccc(Cc2cn(C3OC(CO)[C@@H](O)C(O)[C@H]3O)c3ccccc23)cc1. The van der Waals surface area contributed by atoms with Crippen molar-refractivity contribution in [3.63, 3.8) is 0 Å². The Labute approximate surface area is 169 Å². The third kappa shape index (κ3) is 3.70. The Bertz CT molecular complexity index is 965. The molecule has 1 aliphatic heterocycles. The number of aliphatic hydroxyl groups is 4. The highest BCUT2D eigenvalue weighted by molar-refractivity contribution is 5.84. The second kappa shape index (κ2) is 8.26. The third-order valence-electron chi connectivity index (χ3n) is 5.79. The van der Waals surface area contributed by atoms with Crippen molar-refractivity contribution in [3.05, 3.63) is 71.4 Å². The molecule has 5 atom stereocenters. The van der Waals surface area contributed by atoms with E-state index in [1.165, 1.54) is 11.1 Å². The number of para-hydroxylation sites is 1. The summed E-state index contributed by atoms with van der Waals surface area (Å²) in [7, 11) is 0. The smallest absolute Gasteiger partial charge is 0.163 e. The molecule has 29 heavy (non-hydrogen) atoms. The fourth-order valence-corrected chi connectivity index (χ4v) is 4.05. The lowest BCUT2D eigenvalue weighted by atomic mass is 9.98. The van der Waals surface area contributed by atoms with Gasteiger partial charge >= 0.3 is 0 Å². The molecule has 1 saturated heterocycles. The van der Waals surface area contributed by atoms with Gasteiger partial charge in [0.25, 0.3) is 0 Å². The molecule has 4 rings (SSSR count). The van der Waals surface area contributed by atoms with Gasteiger partial charge < -0.3 is 29.7 Å². The van der Waals surface area contributed by atoms with Crippen molar-refractivity contribution >= 4 is 10.9 Å². The van der Waals surface area contributed by atoms with Gasteiger partial charge in [-0.1, -0.05) is 49.4 Å². The second-order valence-corrected chi connectivity index (χ2v) is 7.65. The molecule has 6 nitrogen and oxygen atoms in total. The molecule has 2 heterocycles. The van der Waals surface area contributed by atoms with Crippen LogP contribution in [0.1, 0.15) is 29.8 Å². The molecule has 1 fully saturated rings. The lowest BCUT2D eigenvalue weighted by Crippen LogP contribution is -2.56. The number of hydrogen-bond donors (Lipinski definition) is 4. The number of hydrogen-bond acceptors (Lipinski definition) is 5. The molecule has 6 heteroatoms. The molecule has 0 aliphatic carbocycles. The summed E-state index contributed by atoms with van der Waals surface area (Å²) in [4.78, 5) is 0. The van der Waals surface area contributed by atoms with Crippen LogP contribution in [-0.2, 0) is 17.6 Å². The summed E-state index contributed by atoms with van der Waals surface area (Å²) in [5.41, 5.74) is 4.40. The summed E-state index contributed by atoms with van der Waals surface area (Å²) < 4.78 is 7.56. The maximum atomic E-state index is 10.6. The summed E-state index contributed by atoms with van der Waals surface area (Å²) >= 11 is 0. The van der Waals surface area contributed by atoms with Gasteiger partial charge in [0.15, 0.2) is 6.23 Å². The first-order valence-corrected chi connectivity index (χ1v) is 10.00. The molecular formula is C23H27NO5. The van der Waals surface area contributed by atoms with E-state index < -0.39 is 37.3 Å². The number of benzene rings is 2. The predicted octanol–water partition coefficient (Wildman–Crippen LogP) is 1.77. The highest BCUT2D eigenvalue weighted by Crippen LogP contribution is 2.33. The zero-order valence-corrected chi connectivity index (χ0v) is 16.3. The van der Waals surface area contributed by atoms with Crippen molar-refractivity contribution in [3.8, 4) is 0 Å².